The van der Waals surface area contributed by atoms with Crippen LogP contribution in [0, 0.1) is 21.2 Å². The minimum atomic E-state index is -0.526. The number of hydrogen-bond donors (Lipinski definition) is 0. The van der Waals surface area contributed by atoms with Gasteiger partial charge in [-0.2, -0.15) is 5.26 Å². The molecule has 0 saturated carbocycles. The van der Waals surface area contributed by atoms with Crippen LogP contribution in [0.1, 0.15) is 6.42 Å². The molecule has 0 amide bonds. The Labute approximate surface area is 72.5 Å². The molecule has 3 nitrogen and oxygen atoms in total. The van der Waals surface area contributed by atoms with Gasteiger partial charge in [-0.1, -0.05) is 5.92 Å². The first kappa shape index (κ1) is 9.25. The lowest BCUT2D eigenvalue weighted by molar-refractivity contribution is -0.140. The quantitative estimate of drug-likeness (QED) is 0.414. The Bertz CT molecular complexity index is 208. The van der Waals surface area contributed by atoms with E-state index in [4.69, 9.17) is 5.26 Å². The maximum Gasteiger partial charge on any atom is 0.321 e. The molecule has 0 atom stereocenters. The van der Waals surface area contributed by atoms with Crippen molar-refractivity contribution in [3.05, 3.63) is 0 Å². The molecule has 0 spiro atoms. The minimum absolute atomic E-state index is 0.0729. The Morgan fingerprint density at radius 2 is 2.40 bits per heavy atom. The van der Waals surface area contributed by atoms with Crippen LogP contribution in [0.4, 0.5) is 0 Å². The molecule has 0 N–H and O–H groups in total. The fourth-order valence-electron chi connectivity index (χ4n) is 0.259. The zero-order valence-corrected chi connectivity index (χ0v) is 7.21. The minimum Gasteiger partial charge on any atom is -0.452 e. The molecular weight excluding hydrogens is 245 g/mol. The fourth-order valence-corrected chi connectivity index (χ4v) is 0.415. The Morgan fingerprint density at radius 1 is 1.70 bits per heavy atom. The maximum absolute atomic E-state index is 10.4. The molecule has 0 aliphatic heterocycles. The Morgan fingerprint density at radius 3 is 2.90 bits per heavy atom. The second-order valence-corrected chi connectivity index (χ2v) is 1.81. The van der Waals surface area contributed by atoms with Crippen molar-refractivity contribution in [1.82, 2.24) is 0 Å². The van der Waals surface area contributed by atoms with Gasteiger partial charge in [0.05, 0.1) is 6.07 Å². The SMILES string of the molecule is N#CCC(=O)OCC#CI. The van der Waals surface area contributed by atoms with Crippen molar-refractivity contribution in [2.75, 3.05) is 6.61 Å². The maximum atomic E-state index is 10.4. The summed E-state index contributed by atoms with van der Waals surface area (Å²) in [7, 11) is 0. The molecule has 52 valence electrons. The van der Waals surface area contributed by atoms with E-state index in [0.29, 0.717) is 0 Å². The molecule has 4 heteroatoms. The molecule has 0 fully saturated rings. The van der Waals surface area contributed by atoms with Gasteiger partial charge in [0.15, 0.2) is 6.61 Å². The topological polar surface area (TPSA) is 50.1 Å². The van der Waals surface area contributed by atoms with Crippen LogP contribution < -0.4 is 0 Å². The number of esters is 1. The van der Waals surface area contributed by atoms with E-state index >= 15 is 0 Å². The van der Waals surface area contributed by atoms with Gasteiger partial charge in [-0.25, -0.2) is 0 Å². The number of nitriles is 1. The van der Waals surface area contributed by atoms with E-state index in [9.17, 15) is 4.79 Å². The molecule has 0 aliphatic carbocycles. The van der Waals surface area contributed by atoms with Crippen molar-refractivity contribution in [2.24, 2.45) is 0 Å². The molecule has 0 bridgehead atoms. The number of rotatable bonds is 2. The third-order valence-corrected chi connectivity index (χ3v) is 0.977. The summed E-state index contributed by atoms with van der Waals surface area (Å²) in [4.78, 5) is 10.4. The standard InChI is InChI=1S/C6H4INO2/c7-3-1-5-10-6(9)2-4-8/h2,5H2. The highest BCUT2D eigenvalue weighted by atomic mass is 127. The number of ether oxygens (including phenoxy) is 1. The van der Waals surface area contributed by atoms with Crippen LogP contribution >= 0.6 is 22.6 Å². The zero-order valence-electron chi connectivity index (χ0n) is 5.06. The average molecular weight is 249 g/mol. The van der Waals surface area contributed by atoms with Crippen molar-refractivity contribution in [3.8, 4) is 15.9 Å². The van der Waals surface area contributed by atoms with E-state index < -0.39 is 5.97 Å². The number of halogens is 1. The second kappa shape index (κ2) is 6.37. The van der Waals surface area contributed by atoms with Gasteiger partial charge >= 0.3 is 5.97 Å². The monoisotopic (exact) mass is 249 g/mol. The lowest BCUT2D eigenvalue weighted by Gasteiger charge is -1.92. The summed E-state index contributed by atoms with van der Waals surface area (Å²) in [5.41, 5.74) is 0. The van der Waals surface area contributed by atoms with E-state index in [-0.39, 0.29) is 13.0 Å². The van der Waals surface area contributed by atoms with Gasteiger partial charge in [0.2, 0.25) is 0 Å². The highest BCUT2D eigenvalue weighted by Crippen LogP contribution is 1.82. The molecule has 0 rings (SSSR count). The molecule has 0 aromatic rings. The Kier molecular flexibility index (Phi) is 5.89. The summed E-state index contributed by atoms with van der Waals surface area (Å²) in [5.74, 6) is 2.00. The van der Waals surface area contributed by atoms with Crippen LogP contribution in [0.3, 0.4) is 0 Å². The van der Waals surface area contributed by atoms with Crippen LogP contribution in [-0.4, -0.2) is 12.6 Å². The number of nitrogens with zero attached hydrogens (tertiary/aromatic N) is 1. The molecule has 0 aliphatic rings. The predicted octanol–water partition coefficient (Wildman–Crippen LogP) is 0.839. The average Bonchev–Trinajstić information content (AvgIpc) is 1.89. The van der Waals surface area contributed by atoms with E-state index in [2.05, 4.69) is 14.6 Å². The van der Waals surface area contributed by atoms with Gasteiger partial charge in [0.1, 0.15) is 6.42 Å². The summed E-state index contributed by atoms with van der Waals surface area (Å²) in [5, 5.41) is 8.00. The highest BCUT2D eigenvalue weighted by molar-refractivity contribution is 14.1. The molecule has 0 heterocycles. The predicted molar refractivity (Wildman–Crippen MR) is 43.0 cm³/mol. The van der Waals surface area contributed by atoms with E-state index in [1.54, 1.807) is 6.07 Å². The molecule has 0 radical (unpaired) electrons. The first-order valence-electron chi connectivity index (χ1n) is 2.42. The van der Waals surface area contributed by atoms with Crippen molar-refractivity contribution >= 4 is 28.6 Å². The Hall–Kier alpha value is -0.750. The number of hydrogen-bond acceptors (Lipinski definition) is 3. The van der Waals surface area contributed by atoms with Crippen LogP contribution in [0.15, 0.2) is 0 Å². The molecular formula is C6H4INO2. The summed E-state index contributed by atoms with van der Waals surface area (Å²) in [6, 6.07) is 1.67. The van der Waals surface area contributed by atoms with Crippen LogP contribution in [-0.2, 0) is 9.53 Å². The highest BCUT2D eigenvalue weighted by Gasteiger charge is 1.97. The van der Waals surface area contributed by atoms with Crippen LogP contribution in [0.25, 0.3) is 0 Å². The summed E-state index contributed by atoms with van der Waals surface area (Å²) in [6.07, 6.45) is -0.205. The number of carbonyl (C=O) groups excluding carboxylic acids is 1. The second-order valence-electron chi connectivity index (χ2n) is 1.27. The normalized spacial score (nSPS) is 6.80. The lowest BCUT2D eigenvalue weighted by Crippen LogP contribution is -2.02. The molecule has 0 aromatic carbocycles. The van der Waals surface area contributed by atoms with Crippen molar-refractivity contribution in [3.63, 3.8) is 0 Å². The lowest BCUT2D eigenvalue weighted by atomic mass is 10.5. The molecule has 0 saturated heterocycles. The van der Waals surface area contributed by atoms with Crippen LogP contribution in [0.2, 0.25) is 0 Å². The van der Waals surface area contributed by atoms with Gasteiger partial charge in [-0.3, -0.25) is 4.79 Å². The van der Waals surface area contributed by atoms with Crippen molar-refractivity contribution < 1.29 is 9.53 Å². The van der Waals surface area contributed by atoms with Crippen molar-refractivity contribution in [1.29, 1.82) is 5.26 Å². The zero-order chi connectivity index (χ0) is 7.82. The van der Waals surface area contributed by atoms with Crippen molar-refractivity contribution in [2.45, 2.75) is 6.42 Å². The van der Waals surface area contributed by atoms with Gasteiger partial charge < -0.3 is 4.74 Å². The van der Waals surface area contributed by atoms with Gasteiger partial charge in [-0.05, 0) is 3.93 Å². The summed E-state index contributed by atoms with van der Waals surface area (Å²) in [6.45, 7) is 0.0729. The summed E-state index contributed by atoms with van der Waals surface area (Å²) < 4.78 is 7.01. The van der Waals surface area contributed by atoms with Crippen LogP contribution in [0.5, 0.6) is 0 Å². The first-order chi connectivity index (χ1) is 4.81. The van der Waals surface area contributed by atoms with Gasteiger partial charge in [-0.15, -0.1) is 0 Å². The molecule has 0 aromatic heterocycles. The van der Waals surface area contributed by atoms with E-state index in [0.717, 1.165) is 0 Å². The molecule has 0 unspecified atom stereocenters. The Balaban J connectivity index is 3.39. The van der Waals surface area contributed by atoms with E-state index in [1.165, 1.54) is 0 Å². The fraction of sp³-hybridized carbons (Fsp3) is 0.333. The third-order valence-electron chi connectivity index (χ3n) is 0.596. The third kappa shape index (κ3) is 5.39. The van der Waals surface area contributed by atoms with Gasteiger partial charge in [0.25, 0.3) is 0 Å². The molecule has 10 heavy (non-hydrogen) atoms. The largest absolute Gasteiger partial charge is 0.452 e. The van der Waals surface area contributed by atoms with E-state index in [1.807, 2.05) is 22.6 Å². The first-order valence-corrected chi connectivity index (χ1v) is 3.50. The summed E-state index contributed by atoms with van der Waals surface area (Å²) >= 11 is 1.84. The smallest absolute Gasteiger partial charge is 0.321 e. The number of carbonyl (C=O) groups is 1. The van der Waals surface area contributed by atoms with Gasteiger partial charge in [0, 0.05) is 22.6 Å².